The summed E-state index contributed by atoms with van der Waals surface area (Å²) in [6, 6.07) is -1.43. The summed E-state index contributed by atoms with van der Waals surface area (Å²) in [4.78, 5) is 63.3. The van der Waals surface area contributed by atoms with Gasteiger partial charge in [-0.25, -0.2) is 24.0 Å². The van der Waals surface area contributed by atoms with Gasteiger partial charge >= 0.3 is 23.6 Å². The third kappa shape index (κ3) is 1.90. The zero-order chi connectivity index (χ0) is 15.0. The number of aromatic amines is 2. The molecular formula is C8H6N6O6. The SMILES string of the molecule is NC(=O)N(C(=O)C(=O)O)n1cnc2c(=O)[nH]c(=O)[nH]c21. The molecule has 20 heavy (non-hydrogen) atoms. The minimum Gasteiger partial charge on any atom is -0.474 e. The lowest BCUT2D eigenvalue weighted by atomic mass is 10.5. The van der Waals surface area contributed by atoms with Crippen LogP contribution >= 0.6 is 0 Å². The van der Waals surface area contributed by atoms with Gasteiger partial charge in [0.1, 0.15) is 6.33 Å². The summed E-state index contributed by atoms with van der Waals surface area (Å²) < 4.78 is 0.560. The van der Waals surface area contributed by atoms with Gasteiger partial charge in [0.25, 0.3) is 5.56 Å². The molecule has 0 saturated heterocycles. The van der Waals surface area contributed by atoms with Gasteiger partial charge in [0.05, 0.1) is 0 Å². The number of nitrogens with zero attached hydrogens (tertiary/aromatic N) is 3. The molecule has 0 fully saturated rings. The van der Waals surface area contributed by atoms with Gasteiger partial charge in [-0.2, -0.15) is 5.01 Å². The zero-order valence-electron chi connectivity index (χ0n) is 9.48. The van der Waals surface area contributed by atoms with E-state index in [4.69, 9.17) is 10.8 Å². The summed E-state index contributed by atoms with van der Waals surface area (Å²) >= 11 is 0. The third-order valence-electron chi connectivity index (χ3n) is 2.22. The van der Waals surface area contributed by atoms with Gasteiger partial charge < -0.3 is 10.8 Å². The number of urea groups is 1. The Morgan fingerprint density at radius 1 is 1.30 bits per heavy atom. The van der Waals surface area contributed by atoms with E-state index >= 15 is 0 Å². The van der Waals surface area contributed by atoms with Crippen molar-refractivity contribution in [2.24, 2.45) is 5.73 Å². The highest BCUT2D eigenvalue weighted by Gasteiger charge is 2.29. The lowest BCUT2D eigenvalue weighted by Gasteiger charge is -2.16. The van der Waals surface area contributed by atoms with Crippen LogP contribution in [0.2, 0.25) is 0 Å². The van der Waals surface area contributed by atoms with Crippen LogP contribution in [0.15, 0.2) is 15.9 Å². The van der Waals surface area contributed by atoms with Crippen LogP contribution in [0.5, 0.6) is 0 Å². The number of primary amides is 1. The van der Waals surface area contributed by atoms with Gasteiger partial charge in [0.15, 0.2) is 11.2 Å². The molecule has 0 spiro atoms. The monoisotopic (exact) mass is 282 g/mol. The first-order valence-corrected chi connectivity index (χ1v) is 4.89. The molecule has 0 aliphatic heterocycles. The fourth-order valence-corrected chi connectivity index (χ4v) is 1.47. The van der Waals surface area contributed by atoms with E-state index in [2.05, 4.69) is 9.97 Å². The van der Waals surface area contributed by atoms with Crippen LogP contribution in [0, 0.1) is 0 Å². The summed E-state index contributed by atoms with van der Waals surface area (Å²) in [5.41, 5.74) is 2.43. The maximum Gasteiger partial charge on any atom is 0.396 e. The Balaban J connectivity index is 2.76. The van der Waals surface area contributed by atoms with Crippen molar-refractivity contribution in [2.45, 2.75) is 0 Å². The topological polar surface area (TPSA) is 184 Å². The van der Waals surface area contributed by atoms with Gasteiger partial charge in [0, 0.05) is 0 Å². The normalized spacial score (nSPS) is 10.4. The van der Waals surface area contributed by atoms with Crippen molar-refractivity contribution in [3.63, 3.8) is 0 Å². The Morgan fingerprint density at radius 3 is 2.50 bits per heavy atom. The Kier molecular flexibility index (Phi) is 2.82. The van der Waals surface area contributed by atoms with E-state index in [1.165, 1.54) is 0 Å². The van der Waals surface area contributed by atoms with Gasteiger partial charge in [-0.15, -0.1) is 0 Å². The first kappa shape index (κ1) is 13.0. The highest BCUT2D eigenvalue weighted by atomic mass is 16.4. The minimum atomic E-state index is -1.96. The van der Waals surface area contributed by atoms with Crippen LogP contribution in [0.3, 0.4) is 0 Å². The number of hydrogen-bond acceptors (Lipinski definition) is 6. The number of hydrogen-bond donors (Lipinski definition) is 4. The molecule has 2 aromatic heterocycles. The molecule has 2 rings (SSSR count). The standard InChI is InChI=1S/C8H6N6O6/c9-7(19)14(5(16)6(17)18)13-1-10-2-3(13)11-8(20)12-4(2)15/h1H,(H2,9,19)(H,17,18)(H2,11,12,15,20). The maximum atomic E-state index is 11.4. The fourth-order valence-electron chi connectivity index (χ4n) is 1.47. The Hall–Kier alpha value is -3.44. The second kappa shape index (κ2) is 4.34. The van der Waals surface area contributed by atoms with E-state index in [1.807, 2.05) is 4.98 Å². The van der Waals surface area contributed by atoms with E-state index in [1.54, 1.807) is 0 Å². The molecule has 0 radical (unpaired) electrons. The predicted octanol–water partition coefficient (Wildman–Crippen LogP) is -2.96. The van der Waals surface area contributed by atoms with Crippen molar-refractivity contribution in [3.8, 4) is 0 Å². The van der Waals surface area contributed by atoms with Crippen molar-refractivity contribution in [1.82, 2.24) is 19.6 Å². The number of rotatable bonds is 1. The minimum absolute atomic E-state index is 0.00699. The van der Waals surface area contributed by atoms with Crippen LogP contribution in [0.1, 0.15) is 0 Å². The Morgan fingerprint density at radius 2 is 1.95 bits per heavy atom. The molecule has 104 valence electrons. The molecule has 0 unspecified atom stereocenters. The summed E-state index contributed by atoms with van der Waals surface area (Å²) in [5, 5.41) is 8.62. The quantitative estimate of drug-likeness (QED) is 0.402. The summed E-state index contributed by atoms with van der Waals surface area (Å²) in [6.45, 7) is 0. The number of aliphatic carboxylic acids is 1. The molecule has 0 aromatic carbocycles. The molecule has 3 amide bonds. The number of imide groups is 1. The smallest absolute Gasteiger partial charge is 0.396 e. The van der Waals surface area contributed by atoms with Crippen LogP contribution < -0.4 is 22.0 Å². The van der Waals surface area contributed by atoms with Gasteiger partial charge in [0.2, 0.25) is 0 Å². The molecular weight excluding hydrogens is 276 g/mol. The largest absolute Gasteiger partial charge is 0.474 e. The van der Waals surface area contributed by atoms with Crippen molar-refractivity contribution in [2.75, 3.05) is 5.01 Å². The van der Waals surface area contributed by atoms with Crippen molar-refractivity contribution in [1.29, 1.82) is 0 Å². The van der Waals surface area contributed by atoms with E-state index in [0.29, 0.717) is 4.68 Å². The second-order valence-electron chi connectivity index (χ2n) is 3.45. The fraction of sp³-hybridized carbons (Fsp3) is 0. The number of carbonyl (C=O) groups excluding carboxylic acids is 2. The number of imidazole rings is 1. The van der Waals surface area contributed by atoms with Crippen molar-refractivity contribution in [3.05, 3.63) is 27.2 Å². The lowest BCUT2D eigenvalue weighted by Crippen LogP contribution is -2.51. The maximum absolute atomic E-state index is 11.4. The van der Waals surface area contributed by atoms with Gasteiger partial charge in [-0.05, 0) is 0 Å². The van der Waals surface area contributed by atoms with Crippen LogP contribution in [0.4, 0.5) is 4.79 Å². The van der Waals surface area contributed by atoms with E-state index in [0.717, 1.165) is 6.33 Å². The number of carboxylic acid groups (broad SMARTS) is 1. The third-order valence-corrected chi connectivity index (χ3v) is 2.22. The van der Waals surface area contributed by atoms with E-state index in [9.17, 15) is 24.0 Å². The number of carbonyl (C=O) groups is 3. The molecule has 0 bridgehead atoms. The average molecular weight is 282 g/mol. The second-order valence-corrected chi connectivity index (χ2v) is 3.45. The number of carboxylic acids is 1. The van der Waals surface area contributed by atoms with Crippen LogP contribution in [-0.2, 0) is 9.59 Å². The highest BCUT2D eigenvalue weighted by Crippen LogP contribution is 2.04. The molecule has 2 heterocycles. The first-order chi connectivity index (χ1) is 9.32. The predicted molar refractivity (Wildman–Crippen MR) is 61.4 cm³/mol. The molecule has 0 saturated carbocycles. The molecule has 12 nitrogen and oxygen atoms in total. The zero-order valence-corrected chi connectivity index (χ0v) is 9.48. The molecule has 0 aliphatic rings. The molecule has 5 N–H and O–H groups in total. The number of nitrogens with two attached hydrogens (primary N) is 1. The number of H-pyrrole nitrogens is 2. The van der Waals surface area contributed by atoms with Crippen LogP contribution in [0.25, 0.3) is 11.2 Å². The highest BCUT2D eigenvalue weighted by molar-refractivity contribution is 6.40. The van der Waals surface area contributed by atoms with E-state index < -0.39 is 29.2 Å². The van der Waals surface area contributed by atoms with Crippen molar-refractivity contribution < 1.29 is 19.5 Å². The molecule has 0 atom stereocenters. The average Bonchev–Trinajstić information content (AvgIpc) is 2.72. The number of amides is 3. The Bertz CT molecular complexity index is 843. The summed E-state index contributed by atoms with van der Waals surface area (Å²) in [7, 11) is 0. The lowest BCUT2D eigenvalue weighted by molar-refractivity contribution is -0.149. The number of nitrogens with one attached hydrogen (secondary N) is 2. The van der Waals surface area contributed by atoms with Crippen LogP contribution in [-0.4, -0.2) is 42.6 Å². The number of fused-ring (bicyclic) bond motifs is 1. The van der Waals surface area contributed by atoms with Gasteiger partial charge in [-0.1, -0.05) is 0 Å². The molecule has 2 aromatic rings. The summed E-state index contributed by atoms with van der Waals surface area (Å²) in [5.74, 6) is -3.64. The van der Waals surface area contributed by atoms with E-state index in [-0.39, 0.29) is 16.2 Å². The van der Waals surface area contributed by atoms with Crippen molar-refractivity contribution >= 4 is 29.1 Å². The summed E-state index contributed by atoms with van der Waals surface area (Å²) in [6.07, 6.45) is 0.793. The van der Waals surface area contributed by atoms with Gasteiger partial charge in [-0.3, -0.25) is 19.6 Å². The first-order valence-electron chi connectivity index (χ1n) is 4.89. The molecule has 0 aliphatic carbocycles. The number of aromatic nitrogens is 4. The Labute approximate surface area is 107 Å². The molecule has 12 heteroatoms.